The first kappa shape index (κ1) is 13.2. The van der Waals surface area contributed by atoms with E-state index in [9.17, 15) is 9.67 Å². The zero-order valence-electron chi connectivity index (χ0n) is 11.6. The van der Waals surface area contributed by atoms with Gasteiger partial charge in [-0.2, -0.15) is 0 Å². The fourth-order valence-electron chi connectivity index (χ4n) is 2.81. The highest BCUT2D eigenvalue weighted by Gasteiger charge is 2.39. The number of benzene rings is 3. The van der Waals surface area contributed by atoms with E-state index < -0.39 is 7.37 Å². The predicted molar refractivity (Wildman–Crippen MR) is 87.5 cm³/mol. The Balaban J connectivity index is 2.05. The summed E-state index contributed by atoms with van der Waals surface area (Å²) in [6.45, 7) is 0. The third kappa shape index (κ3) is 1.79. The molecule has 1 atom stereocenters. The molecule has 0 saturated heterocycles. The number of phenolic OH excluding ortho intramolecular Hbond substituents is 1. The van der Waals surface area contributed by atoms with Gasteiger partial charge in [-0.15, -0.1) is 0 Å². The van der Waals surface area contributed by atoms with E-state index >= 15 is 0 Å². The molecule has 22 heavy (non-hydrogen) atoms. The molecule has 4 heteroatoms. The van der Waals surface area contributed by atoms with Gasteiger partial charge in [-0.05, 0) is 29.8 Å². The normalized spacial score (nSPS) is 18.9. The summed E-state index contributed by atoms with van der Waals surface area (Å²) < 4.78 is 19.6. The summed E-state index contributed by atoms with van der Waals surface area (Å²) in [7, 11) is -3.38. The monoisotopic (exact) mass is 308 g/mol. The largest absolute Gasteiger partial charge is 0.507 e. The van der Waals surface area contributed by atoms with Crippen molar-refractivity contribution >= 4 is 18.0 Å². The van der Waals surface area contributed by atoms with Gasteiger partial charge in [0.2, 0.25) is 0 Å². The topological polar surface area (TPSA) is 46.5 Å². The van der Waals surface area contributed by atoms with Crippen molar-refractivity contribution in [2.24, 2.45) is 0 Å². The van der Waals surface area contributed by atoms with Crippen LogP contribution in [0.2, 0.25) is 0 Å². The highest BCUT2D eigenvalue weighted by molar-refractivity contribution is 7.75. The van der Waals surface area contributed by atoms with Crippen molar-refractivity contribution in [3.8, 4) is 22.6 Å². The van der Waals surface area contributed by atoms with Crippen LogP contribution in [-0.2, 0) is 4.57 Å². The van der Waals surface area contributed by atoms with Gasteiger partial charge in [0, 0.05) is 5.56 Å². The minimum atomic E-state index is -3.38. The summed E-state index contributed by atoms with van der Waals surface area (Å²) in [4.78, 5) is 0. The minimum Gasteiger partial charge on any atom is -0.507 e. The average Bonchev–Trinajstić information content (AvgIpc) is 2.55. The van der Waals surface area contributed by atoms with E-state index in [2.05, 4.69) is 0 Å². The molecule has 0 radical (unpaired) electrons. The molecule has 1 N–H and O–H groups in total. The average molecular weight is 308 g/mol. The lowest BCUT2D eigenvalue weighted by Gasteiger charge is -2.29. The Morgan fingerprint density at radius 1 is 0.727 bits per heavy atom. The fourth-order valence-corrected chi connectivity index (χ4v) is 5.15. The van der Waals surface area contributed by atoms with Crippen molar-refractivity contribution in [2.75, 3.05) is 0 Å². The van der Waals surface area contributed by atoms with Crippen LogP contribution in [-0.4, -0.2) is 5.11 Å². The summed E-state index contributed by atoms with van der Waals surface area (Å²) in [6.07, 6.45) is 0. The highest BCUT2D eigenvalue weighted by atomic mass is 31.2. The number of hydrogen-bond acceptors (Lipinski definition) is 3. The molecular weight excluding hydrogens is 295 g/mol. The van der Waals surface area contributed by atoms with Crippen molar-refractivity contribution in [1.82, 2.24) is 0 Å². The predicted octanol–water partition coefficient (Wildman–Crippen LogP) is 3.68. The molecule has 1 aliphatic heterocycles. The van der Waals surface area contributed by atoms with Gasteiger partial charge in [-0.3, -0.25) is 4.57 Å². The van der Waals surface area contributed by atoms with E-state index in [-0.39, 0.29) is 5.75 Å². The van der Waals surface area contributed by atoms with Crippen LogP contribution in [0.1, 0.15) is 0 Å². The third-order valence-corrected chi connectivity index (χ3v) is 6.31. The highest BCUT2D eigenvalue weighted by Crippen LogP contribution is 2.54. The second kappa shape index (κ2) is 4.75. The van der Waals surface area contributed by atoms with Crippen LogP contribution in [0.4, 0.5) is 0 Å². The standard InChI is InChI=1S/C18H13O3P/c19-15-9-3-6-12-18(15)22(20)17-11-5-2-8-14(17)13-7-1-4-10-16(13)21-22/h1-12,19H. The lowest BCUT2D eigenvalue weighted by atomic mass is 10.0. The van der Waals surface area contributed by atoms with Crippen molar-refractivity contribution in [2.45, 2.75) is 0 Å². The van der Waals surface area contributed by atoms with Crippen molar-refractivity contribution < 1.29 is 14.2 Å². The van der Waals surface area contributed by atoms with E-state index in [0.717, 1.165) is 11.1 Å². The molecule has 3 nitrogen and oxygen atoms in total. The lowest BCUT2D eigenvalue weighted by molar-refractivity contribution is 0.472. The maximum absolute atomic E-state index is 13.7. The van der Waals surface area contributed by atoms with Crippen LogP contribution in [0.5, 0.6) is 11.5 Å². The number of aromatic hydroxyl groups is 1. The van der Waals surface area contributed by atoms with Crippen molar-refractivity contribution in [3.05, 3.63) is 72.8 Å². The Morgan fingerprint density at radius 2 is 1.32 bits per heavy atom. The van der Waals surface area contributed by atoms with Crippen LogP contribution >= 0.6 is 7.37 Å². The third-order valence-electron chi connectivity index (χ3n) is 3.82. The van der Waals surface area contributed by atoms with E-state index in [1.165, 1.54) is 6.07 Å². The van der Waals surface area contributed by atoms with Crippen LogP contribution in [0.25, 0.3) is 11.1 Å². The Labute approximate surface area is 128 Å². The Hall–Kier alpha value is -2.51. The van der Waals surface area contributed by atoms with Crippen molar-refractivity contribution in [3.63, 3.8) is 0 Å². The molecule has 0 bridgehead atoms. The van der Waals surface area contributed by atoms with E-state index in [1.54, 1.807) is 30.3 Å². The molecule has 3 aromatic rings. The van der Waals surface area contributed by atoms with Crippen LogP contribution in [0.3, 0.4) is 0 Å². The molecule has 0 amide bonds. The molecule has 1 heterocycles. The Kier molecular flexibility index (Phi) is 2.85. The number of phenols is 1. The Bertz CT molecular complexity index is 917. The maximum Gasteiger partial charge on any atom is 0.311 e. The van der Waals surface area contributed by atoms with Crippen LogP contribution in [0.15, 0.2) is 72.8 Å². The second-order valence-corrected chi connectivity index (χ2v) is 7.39. The van der Waals surface area contributed by atoms with Gasteiger partial charge in [0.25, 0.3) is 0 Å². The quantitative estimate of drug-likeness (QED) is 0.698. The number of hydrogen-bond donors (Lipinski definition) is 1. The van der Waals surface area contributed by atoms with Gasteiger partial charge in [0.05, 0.1) is 10.6 Å². The SMILES string of the molecule is O=P1(c2ccccc2O)Oc2ccccc2-c2ccccc21. The second-order valence-electron chi connectivity index (χ2n) is 5.14. The molecule has 1 unspecified atom stereocenters. The molecule has 0 fully saturated rings. The molecule has 0 spiro atoms. The molecule has 0 aliphatic carbocycles. The maximum atomic E-state index is 13.7. The minimum absolute atomic E-state index is 0.0139. The molecule has 3 aromatic carbocycles. The van der Waals surface area contributed by atoms with Gasteiger partial charge >= 0.3 is 7.37 Å². The first-order valence-corrected chi connectivity index (χ1v) is 8.60. The molecule has 4 rings (SSSR count). The van der Waals surface area contributed by atoms with Gasteiger partial charge in [0.15, 0.2) is 0 Å². The van der Waals surface area contributed by atoms with Crippen LogP contribution in [0, 0.1) is 0 Å². The summed E-state index contributed by atoms with van der Waals surface area (Å²) in [5, 5.41) is 11.1. The molecular formula is C18H13O3P. The Morgan fingerprint density at radius 3 is 2.09 bits per heavy atom. The summed E-state index contributed by atoms with van der Waals surface area (Å²) >= 11 is 0. The van der Waals surface area contributed by atoms with Gasteiger partial charge in [-0.25, -0.2) is 0 Å². The fraction of sp³-hybridized carbons (Fsp3) is 0. The smallest absolute Gasteiger partial charge is 0.311 e. The van der Waals surface area contributed by atoms with E-state index in [1.807, 2.05) is 36.4 Å². The molecule has 1 aliphatic rings. The molecule has 0 aromatic heterocycles. The summed E-state index contributed by atoms with van der Waals surface area (Å²) in [6, 6.07) is 21.6. The molecule has 108 valence electrons. The van der Waals surface area contributed by atoms with Gasteiger partial charge in [0.1, 0.15) is 11.5 Å². The first-order valence-electron chi connectivity index (χ1n) is 6.97. The number of para-hydroxylation sites is 2. The number of fused-ring (bicyclic) bond motifs is 3. The van der Waals surface area contributed by atoms with Crippen LogP contribution < -0.4 is 15.1 Å². The number of rotatable bonds is 1. The lowest BCUT2D eigenvalue weighted by Crippen LogP contribution is -2.25. The van der Waals surface area contributed by atoms with Gasteiger partial charge < -0.3 is 9.63 Å². The summed E-state index contributed by atoms with van der Waals surface area (Å²) in [5.41, 5.74) is 1.80. The summed E-state index contributed by atoms with van der Waals surface area (Å²) in [5.74, 6) is 0.563. The van der Waals surface area contributed by atoms with Gasteiger partial charge in [-0.1, -0.05) is 48.5 Å². The molecule has 0 saturated carbocycles. The van der Waals surface area contributed by atoms with Crippen molar-refractivity contribution in [1.29, 1.82) is 0 Å². The first-order chi connectivity index (χ1) is 10.7. The zero-order valence-corrected chi connectivity index (χ0v) is 12.5. The zero-order chi connectivity index (χ0) is 15.2. The van der Waals surface area contributed by atoms with E-state index in [0.29, 0.717) is 16.4 Å². The van der Waals surface area contributed by atoms with E-state index in [4.69, 9.17) is 4.52 Å².